The quantitative estimate of drug-likeness (QED) is 0.893. The highest BCUT2D eigenvalue weighted by Gasteiger charge is 2.31. The number of nitrogens with zero attached hydrogens (tertiary/aromatic N) is 1. The molecule has 0 unspecified atom stereocenters. The van der Waals surface area contributed by atoms with Crippen molar-refractivity contribution in [2.24, 2.45) is 11.8 Å². The number of rotatable bonds is 4. The van der Waals surface area contributed by atoms with Crippen molar-refractivity contribution < 1.29 is 14.3 Å². The molecule has 0 aliphatic carbocycles. The lowest BCUT2D eigenvalue weighted by Crippen LogP contribution is -2.45. The third-order valence-electron chi connectivity index (χ3n) is 5.13. The Hall–Kier alpha value is -1.59. The van der Waals surface area contributed by atoms with Crippen molar-refractivity contribution >= 4 is 23.4 Å². The van der Waals surface area contributed by atoms with Crippen LogP contribution in [0.5, 0.6) is 0 Å². The lowest BCUT2D eigenvalue weighted by Gasteiger charge is -2.34. The molecule has 1 aromatic rings. The maximum Gasteiger partial charge on any atom is 0.225 e. The molecule has 25 heavy (non-hydrogen) atoms. The molecule has 2 saturated heterocycles. The van der Waals surface area contributed by atoms with Crippen LogP contribution in [0.1, 0.15) is 31.2 Å². The summed E-state index contributed by atoms with van der Waals surface area (Å²) in [6, 6.07) is 7.47. The molecule has 0 atom stereocenters. The fourth-order valence-electron chi connectivity index (χ4n) is 3.50. The highest BCUT2D eigenvalue weighted by molar-refractivity contribution is 6.30. The van der Waals surface area contributed by atoms with Crippen LogP contribution in [-0.4, -0.2) is 43.0 Å². The van der Waals surface area contributed by atoms with Crippen LogP contribution in [0.4, 0.5) is 0 Å². The van der Waals surface area contributed by atoms with Crippen molar-refractivity contribution in [3.63, 3.8) is 0 Å². The van der Waals surface area contributed by atoms with E-state index in [0.29, 0.717) is 37.9 Å². The van der Waals surface area contributed by atoms with Crippen LogP contribution in [-0.2, 0) is 20.9 Å². The van der Waals surface area contributed by atoms with Crippen LogP contribution >= 0.6 is 11.6 Å². The van der Waals surface area contributed by atoms with E-state index in [1.54, 1.807) is 0 Å². The Kier molecular flexibility index (Phi) is 6.32. The zero-order chi connectivity index (χ0) is 17.6. The number of nitrogens with one attached hydrogen (secondary N) is 1. The lowest BCUT2D eigenvalue weighted by atomic mass is 9.93. The van der Waals surface area contributed by atoms with Crippen molar-refractivity contribution in [2.75, 3.05) is 26.3 Å². The molecule has 6 heteroatoms. The summed E-state index contributed by atoms with van der Waals surface area (Å²) in [5.74, 6) is 0.409. The number of benzene rings is 1. The molecule has 1 aromatic carbocycles. The van der Waals surface area contributed by atoms with Gasteiger partial charge in [0.1, 0.15) is 0 Å². The average molecular weight is 365 g/mol. The van der Waals surface area contributed by atoms with E-state index in [0.717, 1.165) is 31.2 Å². The lowest BCUT2D eigenvalue weighted by molar-refractivity contribution is -0.141. The smallest absolute Gasteiger partial charge is 0.225 e. The van der Waals surface area contributed by atoms with Gasteiger partial charge < -0.3 is 15.0 Å². The van der Waals surface area contributed by atoms with Crippen LogP contribution in [0.25, 0.3) is 0 Å². The summed E-state index contributed by atoms with van der Waals surface area (Å²) in [6.45, 7) is 3.22. The molecule has 0 aromatic heterocycles. The Bertz CT molecular complexity index is 591. The molecule has 2 aliphatic rings. The van der Waals surface area contributed by atoms with E-state index in [2.05, 4.69) is 5.32 Å². The van der Waals surface area contributed by atoms with Crippen LogP contribution in [0.3, 0.4) is 0 Å². The minimum atomic E-state index is -0.00830. The predicted octanol–water partition coefficient (Wildman–Crippen LogP) is 2.62. The van der Waals surface area contributed by atoms with Gasteiger partial charge in [0, 0.05) is 49.7 Å². The zero-order valence-corrected chi connectivity index (χ0v) is 15.1. The zero-order valence-electron chi connectivity index (χ0n) is 14.4. The van der Waals surface area contributed by atoms with E-state index >= 15 is 0 Å². The topological polar surface area (TPSA) is 58.6 Å². The van der Waals surface area contributed by atoms with E-state index in [9.17, 15) is 9.59 Å². The summed E-state index contributed by atoms with van der Waals surface area (Å²) in [5, 5.41) is 3.68. The number of hydrogen-bond acceptors (Lipinski definition) is 3. The van der Waals surface area contributed by atoms with Gasteiger partial charge in [0.2, 0.25) is 11.8 Å². The van der Waals surface area contributed by atoms with Crippen molar-refractivity contribution in [1.29, 1.82) is 0 Å². The third kappa shape index (κ3) is 4.95. The van der Waals surface area contributed by atoms with Crippen LogP contribution in [0.2, 0.25) is 5.02 Å². The monoisotopic (exact) mass is 364 g/mol. The van der Waals surface area contributed by atoms with Crippen LogP contribution in [0.15, 0.2) is 24.3 Å². The van der Waals surface area contributed by atoms with E-state index in [-0.39, 0.29) is 23.7 Å². The summed E-state index contributed by atoms with van der Waals surface area (Å²) in [4.78, 5) is 26.8. The first kappa shape index (κ1) is 18.2. The number of carbonyl (C=O) groups is 2. The van der Waals surface area contributed by atoms with Gasteiger partial charge in [0.15, 0.2) is 0 Å². The minimum absolute atomic E-state index is 0.00830. The molecule has 2 fully saturated rings. The van der Waals surface area contributed by atoms with E-state index in [1.807, 2.05) is 29.2 Å². The number of halogens is 1. The van der Waals surface area contributed by atoms with Crippen molar-refractivity contribution in [3.05, 3.63) is 34.9 Å². The van der Waals surface area contributed by atoms with Crippen molar-refractivity contribution in [2.45, 2.75) is 32.2 Å². The summed E-state index contributed by atoms with van der Waals surface area (Å²) in [6.07, 6.45) is 3.11. The van der Waals surface area contributed by atoms with E-state index < -0.39 is 0 Å². The average Bonchev–Trinajstić information content (AvgIpc) is 2.67. The molecular formula is C19H25ClN2O3. The van der Waals surface area contributed by atoms with Crippen molar-refractivity contribution in [1.82, 2.24) is 10.2 Å². The fourth-order valence-corrected chi connectivity index (χ4v) is 3.63. The molecule has 2 heterocycles. The highest BCUT2D eigenvalue weighted by Crippen LogP contribution is 2.23. The summed E-state index contributed by atoms with van der Waals surface area (Å²) in [7, 11) is 0. The SMILES string of the molecule is O=C(NCc1ccc(Cl)cc1)C1CCN(C(=O)C2CCOCC2)CC1. The molecule has 0 radical (unpaired) electrons. The second-order valence-electron chi connectivity index (χ2n) is 6.83. The molecule has 0 saturated carbocycles. The van der Waals surface area contributed by atoms with Gasteiger partial charge in [-0.1, -0.05) is 23.7 Å². The molecule has 1 N–H and O–H groups in total. The number of ether oxygens (including phenoxy) is 1. The Labute approximate surface area is 153 Å². The predicted molar refractivity (Wildman–Crippen MR) is 96.1 cm³/mol. The molecule has 3 rings (SSSR count). The third-order valence-corrected chi connectivity index (χ3v) is 5.38. The van der Waals surface area contributed by atoms with Gasteiger partial charge in [0.25, 0.3) is 0 Å². The molecule has 5 nitrogen and oxygen atoms in total. The second-order valence-corrected chi connectivity index (χ2v) is 7.27. The van der Waals surface area contributed by atoms with Crippen LogP contribution in [0, 0.1) is 11.8 Å². The Morgan fingerprint density at radius 1 is 1.04 bits per heavy atom. The van der Waals surface area contributed by atoms with Gasteiger partial charge >= 0.3 is 0 Å². The Morgan fingerprint density at radius 3 is 2.32 bits per heavy atom. The molecular weight excluding hydrogens is 340 g/mol. The van der Waals surface area contributed by atoms with Gasteiger partial charge in [-0.05, 0) is 43.4 Å². The van der Waals surface area contributed by atoms with Gasteiger partial charge in [-0.25, -0.2) is 0 Å². The highest BCUT2D eigenvalue weighted by atomic mass is 35.5. The van der Waals surface area contributed by atoms with Gasteiger partial charge in [-0.15, -0.1) is 0 Å². The first-order chi connectivity index (χ1) is 12.1. The summed E-state index contributed by atoms with van der Waals surface area (Å²) >= 11 is 5.86. The molecule has 0 bridgehead atoms. The molecule has 2 amide bonds. The maximum atomic E-state index is 12.5. The normalized spacial score (nSPS) is 19.6. The minimum Gasteiger partial charge on any atom is -0.381 e. The first-order valence-electron chi connectivity index (χ1n) is 9.02. The van der Waals surface area contributed by atoms with Gasteiger partial charge in [-0.3, -0.25) is 9.59 Å². The van der Waals surface area contributed by atoms with Gasteiger partial charge in [0.05, 0.1) is 0 Å². The number of carbonyl (C=O) groups excluding carboxylic acids is 2. The van der Waals surface area contributed by atoms with Crippen molar-refractivity contribution in [3.8, 4) is 0 Å². The Morgan fingerprint density at radius 2 is 1.68 bits per heavy atom. The Balaban J connectivity index is 1.42. The summed E-state index contributed by atoms with van der Waals surface area (Å²) in [5.41, 5.74) is 1.03. The number of likely N-dealkylation sites (tertiary alicyclic amines) is 1. The summed E-state index contributed by atoms with van der Waals surface area (Å²) < 4.78 is 5.32. The second kappa shape index (κ2) is 8.68. The first-order valence-corrected chi connectivity index (χ1v) is 9.40. The standard InChI is InChI=1S/C19H25ClN2O3/c20-17-3-1-14(2-4-17)13-21-18(23)15-5-9-22(10-6-15)19(24)16-7-11-25-12-8-16/h1-4,15-16H,5-13H2,(H,21,23). The fraction of sp³-hybridized carbons (Fsp3) is 0.579. The number of piperidine rings is 1. The number of amides is 2. The largest absolute Gasteiger partial charge is 0.381 e. The molecule has 2 aliphatic heterocycles. The van der Waals surface area contributed by atoms with Crippen LogP contribution < -0.4 is 5.32 Å². The molecule has 136 valence electrons. The molecule has 0 spiro atoms. The maximum absolute atomic E-state index is 12.5. The van der Waals surface area contributed by atoms with E-state index in [1.165, 1.54) is 0 Å². The number of hydrogen-bond donors (Lipinski definition) is 1. The van der Waals surface area contributed by atoms with Gasteiger partial charge in [-0.2, -0.15) is 0 Å². The van der Waals surface area contributed by atoms with E-state index in [4.69, 9.17) is 16.3 Å².